The molecule has 26 heavy (non-hydrogen) atoms. The topological polar surface area (TPSA) is 79.8 Å². The lowest BCUT2D eigenvalue weighted by atomic mass is 10.3. The predicted octanol–water partition coefficient (Wildman–Crippen LogP) is 1.01. The molecule has 0 spiro atoms. The smallest absolute Gasteiger partial charge is 0.259 e. The van der Waals surface area contributed by atoms with Gasteiger partial charge >= 0.3 is 0 Å². The Morgan fingerprint density at radius 3 is 2.73 bits per heavy atom. The zero-order valence-corrected chi connectivity index (χ0v) is 14.4. The van der Waals surface area contributed by atoms with Crippen molar-refractivity contribution in [2.75, 3.05) is 56.2 Å². The summed E-state index contributed by atoms with van der Waals surface area (Å²) in [5, 5.41) is 2.83. The van der Waals surface area contributed by atoms with Gasteiger partial charge in [0.15, 0.2) is 5.75 Å². The third-order valence-corrected chi connectivity index (χ3v) is 4.39. The molecule has 2 aliphatic rings. The van der Waals surface area contributed by atoms with Crippen molar-refractivity contribution in [3.63, 3.8) is 0 Å². The molecular formula is C18H21N5O3. The van der Waals surface area contributed by atoms with Crippen LogP contribution in [0, 0.1) is 0 Å². The molecule has 1 saturated heterocycles. The molecule has 0 bridgehead atoms. The lowest BCUT2D eigenvalue weighted by Gasteiger charge is -2.34. The Morgan fingerprint density at radius 1 is 1.08 bits per heavy atom. The van der Waals surface area contributed by atoms with Crippen LogP contribution in [0.5, 0.6) is 11.6 Å². The molecule has 0 saturated carbocycles. The molecule has 2 aliphatic heterocycles. The van der Waals surface area contributed by atoms with Crippen LogP contribution in [0.2, 0.25) is 0 Å². The highest BCUT2D eigenvalue weighted by Crippen LogP contribution is 2.28. The first-order chi connectivity index (χ1) is 12.8. The van der Waals surface area contributed by atoms with Crippen molar-refractivity contribution in [3.05, 3.63) is 36.5 Å². The number of pyridine rings is 2. The Bertz CT molecular complexity index is 763. The quantitative estimate of drug-likeness (QED) is 0.877. The Kier molecular flexibility index (Phi) is 4.83. The van der Waals surface area contributed by atoms with Crippen molar-refractivity contribution in [2.24, 2.45) is 0 Å². The molecule has 0 aromatic carbocycles. The average molecular weight is 355 g/mol. The van der Waals surface area contributed by atoms with E-state index in [1.54, 1.807) is 18.3 Å². The number of anilines is 2. The van der Waals surface area contributed by atoms with Crippen molar-refractivity contribution in [2.45, 2.75) is 0 Å². The zero-order valence-electron chi connectivity index (χ0n) is 14.4. The molecule has 0 radical (unpaired) electrons. The fraction of sp³-hybridized carbons (Fsp3) is 0.389. The first kappa shape index (κ1) is 16.6. The van der Waals surface area contributed by atoms with E-state index in [2.05, 4.69) is 25.1 Å². The summed E-state index contributed by atoms with van der Waals surface area (Å²) in [4.78, 5) is 25.3. The zero-order chi connectivity index (χ0) is 17.8. The standard InChI is InChI=1S/C18H21N5O3/c24-17(20-15-5-4-14-18(21-15)26-12-11-25-14)13-22-7-9-23(10-8-22)16-3-1-2-6-19-16/h1-6H,7-13H2,(H,20,21,24). The summed E-state index contributed by atoms with van der Waals surface area (Å²) in [6.07, 6.45) is 1.80. The van der Waals surface area contributed by atoms with Crippen LogP contribution in [0.15, 0.2) is 36.5 Å². The average Bonchev–Trinajstić information content (AvgIpc) is 2.69. The number of amides is 1. The maximum absolute atomic E-state index is 12.3. The first-order valence-corrected chi connectivity index (χ1v) is 8.73. The first-order valence-electron chi connectivity index (χ1n) is 8.73. The molecule has 1 fully saturated rings. The second kappa shape index (κ2) is 7.57. The fourth-order valence-electron chi connectivity index (χ4n) is 3.06. The van der Waals surface area contributed by atoms with Crippen molar-refractivity contribution in [3.8, 4) is 11.6 Å². The minimum absolute atomic E-state index is 0.0829. The van der Waals surface area contributed by atoms with Gasteiger partial charge < -0.3 is 19.7 Å². The van der Waals surface area contributed by atoms with Crippen LogP contribution in [-0.4, -0.2) is 66.7 Å². The number of piperazine rings is 1. The molecule has 1 N–H and O–H groups in total. The Labute approximate surface area is 151 Å². The number of carbonyl (C=O) groups is 1. The van der Waals surface area contributed by atoms with Crippen LogP contribution in [0.25, 0.3) is 0 Å². The molecule has 0 unspecified atom stereocenters. The van der Waals surface area contributed by atoms with Crippen molar-refractivity contribution in [1.29, 1.82) is 0 Å². The summed E-state index contributed by atoms with van der Waals surface area (Å²) >= 11 is 0. The summed E-state index contributed by atoms with van der Waals surface area (Å²) in [6.45, 7) is 4.67. The van der Waals surface area contributed by atoms with Gasteiger partial charge in [0.2, 0.25) is 5.91 Å². The monoisotopic (exact) mass is 355 g/mol. The molecule has 1 amide bonds. The van der Waals surface area contributed by atoms with Crippen LogP contribution < -0.4 is 19.7 Å². The van der Waals surface area contributed by atoms with Gasteiger partial charge in [0.1, 0.15) is 24.8 Å². The van der Waals surface area contributed by atoms with Crippen LogP contribution >= 0.6 is 0 Å². The minimum atomic E-state index is -0.0829. The Hall–Kier alpha value is -2.87. The summed E-state index contributed by atoms with van der Waals surface area (Å²) in [5.41, 5.74) is 0. The second-order valence-corrected chi connectivity index (χ2v) is 6.20. The van der Waals surface area contributed by atoms with E-state index >= 15 is 0 Å². The van der Waals surface area contributed by atoms with Gasteiger partial charge in [-0.25, -0.2) is 4.98 Å². The van der Waals surface area contributed by atoms with Crippen molar-refractivity contribution in [1.82, 2.24) is 14.9 Å². The summed E-state index contributed by atoms with van der Waals surface area (Å²) in [6, 6.07) is 9.40. The molecule has 136 valence electrons. The normalized spacial score (nSPS) is 17.0. The van der Waals surface area contributed by atoms with Crippen LogP contribution in [0.4, 0.5) is 11.6 Å². The molecular weight excluding hydrogens is 334 g/mol. The van der Waals surface area contributed by atoms with E-state index in [1.807, 2.05) is 18.2 Å². The van der Waals surface area contributed by atoms with E-state index in [-0.39, 0.29) is 5.91 Å². The molecule has 0 aliphatic carbocycles. The Morgan fingerprint density at radius 2 is 1.92 bits per heavy atom. The number of aromatic nitrogens is 2. The van der Waals surface area contributed by atoms with Gasteiger partial charge in [-0.05, 0) is 24.3 Å². The number of nitrogens with zero attached hydrogens (tertiary/aromatic N) is 4. The van der Waals surface area contributed by atoms with E-state index in [9.17, 15) is 4.79 Å². The summed E-state index contributed by atoms with van der Waals surface area (Å²) in [5.74, 6) is 2.42. The van der Waals surface area contributed by atoms with E-state index in [1.165, 1.54) is 0 Å². The largest absolute Gasteiger partial charge is 0.484 e. The molecule has 0 atom stereocenters. The maximum atomic E-state index is 12.3. The van der Waals surface area contributed by atoms with Gasteiger partial charge in [-0.2, -0.15) is 4.98 Å². The van der Waals surface area contributed by atoms with Crippen LogP contribution in [0.1, 0.15) is 0 Å². The van der Waals surface area contributed by atoms with Gasteiger partial charge in [-0.3, -0.25) is 9.69 Å². The number of rotatable bonds is 4. The van der Waals surface area contributed by atoms with E-state index in [4.69, 9.17) is 9.47 Å². The van der Waals surface area contributed by atoms with Gasteiger partial charge in [0, 0.05) is 32.4 Å². The maximum Gasteiger partial charge on any atom is 0.259 e. The Balaban J connectivity index is 1.28. The highest BCUT2D eigenvalue weighted by molar-refractivity contribution is 5.91. The third kappa shape index (κ3) is 3.85. The van der Waals surface area contributed by atoms with Crippen LogP contribution in [0.3, 0.4) is 0 Å². The van der Waals surface area contributed by atoms with Gasteiger partial charge in [0.05, 0.1) is 6.54 Å². The molecule has 4 rings (SSSR count). The van der Waals surface area contributed by atoms with Crippen molar-refractivity contribution < 1.29 is 14.3 Å². The lowest BCUT2D eigenvalue weighted by molar-refractivity contribution is -0.117. The molecule has 8 nitrogen and oxygen atoms in total. The number of carbonyl (C=O) groups excluding carboxylic acids is 1. The minimum Gasteiger partial charge on any atom is -0.484 e. The van der Waals surface area contributed by atoms with E-state index < -0.39 is 0 Å². The SMILES string of the molecule is O=C(CN1CCN(c2ccccn2)CC1)Nc1ccc2c(n1)OCCO2. The molecule has 8 heteroatoms. The molecule has 4 heterocycles. The third-order valence-electron chi connectivity index (χ3n) is 4.39. The highest BCUT2D eigenvalue weighted by Gasteiger charge is 2.20. The van der Waals surface area contributed by atoms with Gasteiger partial charge in [-0.15, -0.1) is 0 Å². The number of nitrogens with one attached hydrogen (secondary N) is 1. The van der Waals surface area contributed by atoms with Gasteiger partial charge in [-0.1, -0.05) is 6.07 Å². The number of hydrogen-bond donors (Lipinski definition) is 1. The van der Waals surface area contributed by atoms with E-state index in [0.29, 0.717) is 37.2 Å². The number of hydrogen-bond acceptors (Lipinski definition) is 7. The number of ether oxygens (including phenoxy) is 2. The lowest BCUT2D eigenvalue weighted by Crippen LogP contribution is -2.48. The summed E-state index contributed by atoms with van der Waals surface area (Å²) < 4.78 is 10.9. The molecule has 2 aromatic heterocycles. The fourth-order valence-corrected chi connectivity index (χ4v) is 3.06. The number of fused-ring (bicyclic) bond motifs is 1. The molecule has 2 aromatic rings. The second-order valence-electron chi connectivity index (χ2n) is 6.20. The van der Waals surface area contributed by atoms with Crippen LogP contribution in [-0.2, 0) is 4.79 Å². The van der Waals surface area contributed by atoms with Gasteiger partial charge in [0.25, 0.3) is 5.88 Å². The summed E-state index contributed by atoms with van der Waals surface area (Å²) in [7, 11) is 0. The predicted molar refractivity (Wildman–Crippen MR) is 96.7 cm³/mol. The van der Waals surface area contributed by atoms with Crippen molar-refractivity contribution >= 4 is 17.5 Å². The van der Waals surface area contributed by atoms with E-state index in [0.717, 1.165) is 32.0 Å². The highest BCUT2D eigenvalue weighted by atomic mass is 16.6.